The standard InChI is InChI=1S/C25H21ClN2O3S/c1-3-31-24(30)22-16(2)27-25-28(20(22)14-11-17-7-5-4-6-8-17)23(29)21(32-25)15-18-9-12-19(26)13-10-18/h4-15,20H,3H2,1-2H3. The quantitative estimate of drug-likeness (QED) is 0.534. The van der Waals surface area contributed by atoms with Crippen molar-refractivity contribution in [3.63, 3.8) is 0 Å². The first kappa shape index (κ1) is 22.0. The monoisotopic (exact) mass is 464 g/mol. The number of fused-ring (bicyclic) bond motifs is 1. The minimum Gasteiger partial charge on any atom is -0.463 e. The second-order valence-electron chi connectivity index (χ2n) is 7.17. The normalized spacial score (nSPS) is 16.2. The summed E-state index contributed by atoms with van der Waals surface area (Å²) in [5.41, 5.74) is 2.53. The van der Waals surface area contributed by atoms with Crippen molar-refractivity contribution >= 4 is 41.1 Å². The highest BCUT2D eigenvalue weighted by Gasteiger charge is 2.30. The molecule has 0 saturated heterocycles. The maximum absolute atomic E-state index is 13.4. The molecule has 3 aromatic rings. The van der Waals surface area contributed by atoms with Gasteiger partial charge in [0, 0.05) is 5.02 Å². The fraction of sp³-hybridized carbons (Fsp3) is 0.160. The first-order valence-corrected chi connectivity index (χ1v) is 11.4. The Hall–Kier alpha value is -3.22. The highest BCUT2D eigenvalue weighted by Crippen LogP contribution is 2.26. The Bertz CT molecular complexity index is 1380. The van der Waals surface area contributed by atoms with Gasteiger partial charge in [-0.3, -0.25) is 9.36 Å². The molecule has 1 unspecified atom stereocenters. The number of ether oxygens (including phenoxy) is 1. The van der Waals surface area contributed by atoms with E-state index in [-0.39, 0.29) is 12.2 Å². The Morgan fingerprint density at radius 1 is 1.16 bits per heavy atom. The molecule has 2 aromatic carbocycles. The summed E-state index contributed by atoms with van der Waals surface area (Å²) in [5.74, 6) is -0.469. The number of aromatic nitrogens is 1. The lowest BCUT2D eigenvalue weighted by Gasteiger charge is -2.21. The molecular formula is C25H21ClN2O3S. The Morgan fingerprint density at radius 2 is 1.88 bits per heavy atom. The Kier molecular flexibility index (Phi) is 6.53. The van der Waals surface area contributed by atoms with Crippen LogP contribution in [0.25, 0.3) is 12.2 Å². The van der Waals surface area contributed by atoms with E-state index in [1.165, 1.54) is 11.3 Å². The van der Waals surface area contributed by atoms with Crippen LogP contribution >= 0.6 is 22.9 Å². The molecule has 0 aliphatic carbocycles. The van der Waals surface area contributed by atoms with E-state index in [9.17, 15) is 9.59 Å². The van der Waals surface area contributed by atoms with Gasteiger partial charge in [0.05, 0.1) is 28.5 Å². The number of hydrogen-bond acceptors (Lipinski definition) is 5. The molecule has 162 valence electrons. The summed E-state index contributed by atoms with van der Waals surface area (Å²) in [7, 11) is 0. The zero-order chi connectivity index (χ0) is 22.7. The average molecular weight is 465 g/mol. The number of esters is 1. The lowest BCUT2D eigenvalue weighted by Crippen LogP contribution is -2.38. The van der Waals surface area contributed by atoms with Crippen LogP contribution in [0.4, 0.5) is 0 Å². The van der Waals surface area contributed by atoms with Gasteiger partial charge in [0.1, 0.15) is 0 Å². The van der Waals surface area contributed by atoms with E-state index in [1.54, 1.807) is 30.5 Å². The fourth-order valence-corrected chi connectivity index (χ4v) is 4.67. The third kappa shape index (κ3) is 4.52. The van der Waals surface area contributed by atoms with Crippen molar-refractivity contribution in [1.29, 1.82) is 0 Å². The largest absolute Gasteiger partial charge is 0.463 e. The second-order valence-corrected chi connectivity index (χ2v) is 8.61. The number of hydrogen-bond donors (Lipinski definition) is 0. The molecule has 0 radical (unpaired) electrons. The number of halogens is 1. The zero-order valence-electron chi connectivity index (χ0n) is 17.6. The van der Waals surface area contributed by atoms with Crippen molar-refractivity contribution in [2.75, 3.05) is 6.61 Å². The molecule has 1 atom stereocenters. The van der Waals surface area contributed by atoms with Crippen LogP contribution in [-0.4, -0.2) is 17.1 Å². The van der Waals surface area contributed by atoms with Crippen molar-refractivity contribution in [3.8, 4) is 0 Å². The maximum Gasteiger partial charge on any atom is 0.338 e. The van der Waals surface area contributed by atoms with Gasteiger partial charge in [-0.15, -0.1) is 0 Å². The van der Waals surface area contributed by atoms with Gasteiger partial charge in [-0.1, -0.05) is 77.6 Å². The van der Waals surface area contributed by atoms with E-state index in [0.717, 1.165) is 11.1 Å². The van der Waals surface area contributed by atoms with Crippen molar-refractivity contribution in [3.05, 3.63) is 108 Å². The van der Waals surface area contributed by atoms with Crippen LogP contribution in [-0.2, 0) is 9.53 Å². The number of nitrogens with zero attached hydrogens (tertiary/aromatic N) is 2. The van der Waals surface area contributed by atoms with Crippen molar-refractivity contribution in [1.82, 2.24) is 4.57 Å². The van der Waals surface area contributed by atoms with Gasteiger partial charge in [-0.25, -0.2) is 9.79 Å². The Balaban J connectivity index is 1.87. The maximum atomic E-state index is 13.4. The number of benzene rings is 2. The highest BCUT2D eigenvalue weighted by molar-refractivity contribution is 7.07. The third-order valence-electron chi connectivity index (χ3n) is 5.00. The van der Waals surface area contributed by atoms with E-state index < -0.39 is 12.0 Å². The topological polar surface area (TPSA) is 60.7 Å². The van der Waals surface area contributed by atoms with Crippen molar-refractivity contribution in [2.24, 2.45) is 4.99 Å². The smallest absolute Gasteiger partial charge is 0.338 e. The average Bonchev–Trinajstić information content (AvgIpc) is 3.09. The van der Waals surface area contributed by atoms with Crippen LogP contribution in [0.5, 0.6) is 0 Å². The Morgan fingerprint density at radius 3 is 2.56 bits per heavy atom. The van der Waals surface area contributed by atoms with E-state index in [2.05, 4.69) is 4.99 Å². The highest BCUT2D eigenvalue weighted by atomic mass is 35.5. The number of thiazole rings is 1. The summed E-state index contributed by atoms with van der Waals surface area (Å²) >= 11 is 7.26. The molecule has 1 aliphatic rings. The first-order valence-electron chi connectivity index (χ1n) is 10.2. The van der Waals surface area contributed by atoms with Crippen molar-refractivity contribution < 1.29 is 9.53 Å². The molecule has 32 heavy (non-hydrogen) atoms. The fourth-order valence-electron chi connectivity index (χ4n) is 3.49. The minimum atomic E-state index is -0.613. The second kappa shape index (κ2) is 9.51. The molecule has 5 nitrogen and oxygen atoms in total. The van der Waals surface area contributed by atoms with Crippen LogP contribution < -0.4 is 14.9 Å². The molecule has 2 heterocycles. The molecule has 0 amide bonds. The molecule has 0 fully saturated rings. The molecule has 0 saturated carbocycles. The number of carbonyl (C=O) groups is 1. The molecule has 0 N–H and O–H groups in total. The van der Waals surface area contributed by atoms with Gasteiger partial charge in [0.15, 0.2) is 4.80 Å². The van der Waals surface area contributed by atoms with Gasteiger partial charge in [0.25, 0.3) is 5.56 Å². The summed E-state index contributed by atoms with van der Waals surface area (Å²) in [5, 5.41) is 0.629. The summed E-state index contributed by atoms with van der Waals surface area (Å²) in [4.78, 5) is 31.3. The number of rotatable bonds is 5. The van der Waals surface area contributed by atoms with Gasteiger partial charge in [-0.2, -0.15) is 0 Å². The van der Waals surface area contributed by atoms with Gasteiger partial charge >= 0.3 is 5.97 Å². The van der Waals surface area contributed by atoms with Crippen molar-refractivity contribution in [2.45, 2.75) is 19.9 Å². The van der Waals surface area contributed by atoms with E-state index >= 15 is 0 Å². The first-order chi connectivity index (χ1) is 15.5. The SMILES string of the molecule is CCOC(=O)C1=C(C)N=c2sc(=Cc3ccc(Cl)cc3)c(=O)n2C1C=Cc1ccccc1. The molecular weight excluding hydrogens is 444 g/mol. The number of allylic oxidation sites excluding steroid dienone is 2. The summed E-state index contributed by atoms with van der Waals surface area (Å²) in [6.07, 6.45) is 5.56. The molecule has 4 rings (SSSR count). The molecule has 1 aliphatic heterocycles. The lowest BCUT2D eigenvalue weighted by atomic mass is 10.0. The lowest BCUT2D eigenvalue weighted by molar-refractivity contribution is -0.139. The van der Waals surface area contributed by atoms with Gasteiger partial charge in [-0.05, 0) is 43.2 Å². The zero-order valence-corrected chi connectivity index (χ0v) is 19.2. The minimum absolute atomic E-state index is 0.208. The van der Waals surface area contributed by atoms with E-state index in [1.807, 2.05) is 60.7 Å². The van der Waals surface area contributed by atoms with Gasteiger partial charge < -0.3 is 4.74 Å². The predicted molar refractivity (Wildman–Crippen MR) is 128 cm³/mol. The van der Waals surface area contributed by atoms with Crippen LogP contribution in [0.15, 0.2) is 81.7 Å². The molecule has 7 heteroatoms. The third-order valence-corrected chi connectivity index (χ3v) is 6.23. The summed E-state index contributed by atoms with van der Waals surface area (Å²) < 4.78 is 7.37. The molecule has 0 bridgehead atoms. The molecule has 1 aromatic heterocycles. The molecule has 0 spiro atoms. The Labute approximate surface area is 194 Å². The van der Waals surface area contributed by atoms with Crippen LogP contribution in [0.3, 0.4) is 0 Å². The van der Waals surface area contributed by atoms with Crippen LogP contribution in [0, 0.1) is 0 Å². The van der Waals surface area contributed by atoms with Crippen LogP contribution in [0.2, 0.25) is 5.02 Å². The summed E-state index contributed by atoms with van der Waals surface area (Å²) in [6.45, 7) is 3.77. The van der Waals surface area contributed by atoms with Crippen LogP contribution in [0.1, 0.15) is 31.0 Å². The predicted octanol–water partition coefficient (Wildman–Crippen LogP) is 4.12. The van der Waals surface area contributed by atoms with E-state index in [4.69, 9.17) is 16.3 Å². The number of carbonyl (C=O) groups excluding carboxylic acids is 1. The summed E-state index contributed by atoms with van der Waals surface area (Å²) in [6, 6.07) is 16.4. The van der Waals surface area contributed by atoms with Gasteiger partial charge in [0.2, 0.25) is 0 Å². The van der Waals surface area contributed by atoms with E-state index in [0.29, 0.717) is 25.6 Å².